The van der Waals surface area contributed by atoms with Crippen molar-refractivity contribution >= 4 is 11.7 Å². The summed E-state index contributed by atoms with van der Waals surface area (Å²) in [6.07, 6.45) is 3.87. The summed E-state index contributed by atoms with van der Waals surface area (Å²) >= 11 is 0. The highest BCUT2D eigenvalue weighted by molar-refractivity contribution is 5.91. The van der Waals surface area contributed by atoms with Gasteiger partial charge >= 0.3 is 0 Å². The zero-order chi connectivity index (χ0) is 9.80. The van der Waals surface area contributed by atoms with Gasteiger partial charge in [-0.1, -0.05) is 0 Å². The van der Waals surface area contributed by atoms with Crippen molar-refractivity contribution in [2.45, 2.75) is 12.8 Å². The topological polar surface area (TPSA) is 56.9 Å². The van der Waals surface area contributed by atoms with E-state index in [9.17, 15) is 4.79 Å². The standard InChI is InChI=1S/C10H15N3O/c14-10(8-3-1-5-11-7-8)13-9-4-2-6-12-9/h2,4,6,8,11-12H,1,3,5,7H2,(H,13,14). The summed E-state index contributed by atoms with van der Waals surface area (Å²) < 4.78 is 0. The number of aromatic nitrogens is 1. The number of hydrogen-bond acceptors (Lipinski definition) is 2. The molecule has 1 atom stereocenters. The van der Waals surface area contributed by atoms with Crippen LogP contribution in [0.25, 0.3) is 0 Å². The number of anilines is 1. The maximum absolute atomic E-state index is 11.7. The van der Waals surface area contributed by atoms with Crippen LogP contribution in [0.5, 0.6) is 0 Å². The number of carbonyl (C=O) groups is 1. The van der Waals surface area contributed by atoms with Crippen molar-refractivity contribution in [1.29, 1.82) is 0 Å². The molecule has 3 N–H and O–H groups in total. The summed E-state index contributed by atoms with van der Waals surface area (Å²) in [6.45, 7) is 1.83. The highest BCUT2D eigenvalue weighted by Gasteiger charge is 2.20. The first kappa shape index (κ1) is 9.27. The van der Waals surface area contributed by atoms with Gasteiger partial charge in [-0.05, 0) is 31.5 Å². The highest BCUT2D eigenvalue weighted by atomic mass is 16.2. The van der Waals surface area contributed by atoms with Gasteiger partial charge in [0.15, 0.2) is 0 Å². The molecule has 4 heteroatoms. The van der Waals surface area contributed by atoms with Gasteiger partial charge in [0.1, 0.15) is 5.82 Å². The molecule has 1 fully saturated rings. The van der Waals surface area contributed by atoms with Crippen LogP contribution in [0.15, 0.2) is 18.3 Å². The fourth-order valence-electron chi connectivity index (χ4n) is 1.72. The lowest BCUT2D eigenvalue weighted by Gasteiger charge is -2.21. The number of carbonyl (C=O) groups excluding carboxylic acids is 1. The maximum atomic E-state index is 11.7. The van der Waals surface area contributed by atoms with E-state index in [0.717, 1.165) is 31.7 Å². The molecular weight excluding hydrogens is 178 g/mol. The Morgan fingerprint density at radius 2 is 2.50 bits per heavy atom. The second-order valence-electron chi connectivity index (χ2n) is 3.62. The highest BCUT2D eigenvalue weighted by Crippen LogP contribution is 2.12. The summed E-state index contributed by atoms with van der Waals surface area (Å²) in [5.41, 5.74) is 0. The van der Waals surface area contributed by atoms with Gasteiger partial charge in [0.05, 0.1) is 5.92 Å². The van der Waals surface area contributed by atoms with Gasteiger partial charge < -0.3 is 15.6 Å². The zero-order valence-corrected chi connectivity index (χ0v) is 8.05. The van der Waals surface area contributed by atoms with Crippen LogP contribution < -0.4 is 10.6 Å². The fraction of sp³-hybridized carbons (Fsp3) is 0.500. The van der Waals surface area contributed by atoms with E-state index in [2.05, 4.69) is 15.6 Å². The SMILES string of the molecule is O=C(Nc1ccc[nH]1)C1CCCNC1. The van der Waals surface area contributed by atoms with Crippen molar-refractivity contribution in [3.05, 3.63) is 18.3 Å². The Hall–Kier alpha value is -1.29. The van der Waals surface area contributed by atoms with E-state index in [1.54, 1.807) is 6.20 Å². The Kier molecular flexibility index (Phi) is 2.84. The van der Waals surface area contributed by atoms with Crippen LogP contribution in [0, 0.1) is 5.92 Å². The third kappa shape index (κ3) is 2.14. The van der Waals surface area contributed by atoms with Crippen LogP contribution in [0.3, 0.4) is 0 Å². The minimum absolute atomic E-state index is 0.111. The van der Waals surface area contributed by atoms with Crippen molar-refractivity contribution in [3.8, 4) is 0 Å². The molecule has 76 valence electrons. The quantitative estimate of drug-likeness (QED) is 0.655. The molecule has 1 aromatic rings. The van der Waals surface area contributed by atoms with Gasteiger partial charge in [-0.2, -0.15) is 0 Å². The van der Waals surface area contributed by atoms with Crippen molar-refractivity contribution in [2.75, 3.05) is 18.4 Å². The monoisotopic (exact) mass is 193 g/mol. The van der Waals surface area contributed by atoms with Crippen molar-refractivity contribution in [2.24, 2.45) is 5.92 Å². The largest absolute Gasteiger partial charge is 0.348 e. The van der Waals surface area contributed by atoms with Gasteiger partial charge in [0.2, 0.25) is 5.91 Å². The second kappa shape index (κ2) is 4.28. The van der Waals surface area contributed by atoms with E-state index in [1.165, 1.54) is 0 Å². The molecule has 0 bridgehead atoms. The van der Waals surface area contributed by atoms with E-state index >= 15 is 0 Å². The molecule has 0 aromatic carbocycles. The smallest absolute Gasteiger partial charge is 0.229 e. The maximum Gasteiger partial charge on any atom is 0.229 e. The van der Waals surface area contributed by atoms with E-state index in [-0.39, 0.29) is 11.8 Å². The van der Waals surface area contributed by atoms with Crippen LogP contribution in [0.1, 0.15) is 12.8 Å². The predicted octanol–water partition coefficient (Wildman–Crippen LogP) is 0.953. The molecule has 1 amide bonds. The van der Waals surface area contributed by atoms with Crippen molar-refractivity contribution in [1.82, 2.24) is 10.3 Å². The molecule has 0 spiro atoms. The molecule has 0 radical (unpaired) electrons. The van der Waals surface area contributed by atoms with E-state index in [0.29, 0.717) is 0 Å². The minimum Gasteiger partial charge on any atom is -0.348 e. The minimum atomic E-state index is 0.111. The molecule has 1 aromatic heterocycles. The normalized spacial score (nSPS) is 21.9. The zero-order valence-electron chi connectivity index (χ0n) is 8.05. The van der Waals surface area contributed by atoms with Gasteiger partial charge in [-0.15, -0.1) is 0 Å². The lowest BCUT2D eigenvalue weighted by atomic mass is 9.99. The lowest BCUT2D eigenvalue weighted by Crippen LogP contribution is -2.37. The number of piperidine rings is 1. The molecule has 0 aliphatic carbocycles. The van der Waals surface area contributed by atoms with Crippen LogP contribution >= 0.6 is 0 Å². The molecule has 2 rings (SSSR count). The molecule has 2 heterocycles. The molecule has 0 saturated carbocycles. The predicted molar refractivity (Wildman–Crippen MR) is 55.0 cm³/mol. The summed E-state index contributed by atoms with van der Waals surface area (Å²) in [7, 11) is 0. The first-order chi connectivity index (χ1) is 6.86. The third-order valence-corrected chi connectivity index (χ3v) is 2.52. The molecule has 1 aliphatic heterocycles. The van der Waals surface area contributed by atoms with Gasteiger partial charge in [0.25, 0.3) is 0 Å². The first-order valence-electron chi connectivity index (χ1n) is 5.01. The third-order valence-electron chi connectivity index (χ3n) is 2.52. The molecule has 1 aliphatic rings. The Morgan fingerprint density at radius 3 is 3.14 bits per heavy atom. The van der Waals surface area contributed by atoms with E-state index in [4.69, 9.17) is 0 Å². The van der Waals surface area contributed by atoms with Crippen LogP contribution in [0.2, 0.25) is 0 Å². The summed E-state index contributed by atoms with van der Waals surface area (Å²) in [4.78, 5) is 14.6. The van der Waals surface area contributed by atoms with E-state index in [1.807, 2.05) is 12.1 Å². The number of H-pyrrole nitrogens is 1. The van der Waals surface area contributed by atoms with Gasteiger partial charge in [-0.3, -0.25) is 4.79 Å². The molecule has 4 nitrogen and oxygen atoms in total. The first-order valence-corrected chi connectivity index (χ1v) is 5.01. The fourth-order valence-corrected chi connectivity index (χ4v) is 1.72. The van der Waals surface area contributed by atoms with Crippen LogP contribution in [-0.4, -0.2) is 24.0 Å². The molecule has 14 heavy (non-hydrogen) atoms. The average Bonchev–Trinajstić information content (AvgIpc) is 2.72. The number of aromatic amines is 1. The number of amides is 1. The van der Waals surface area contributed by atoms with Gasteiger partial charge in [-0.25, -0.2) is 0 Å². The number of nitrogens with one attached hydrogen (secondary N) is 3. The summed E-state index contributed by atoms with van der Waals surface area (Å²) in [5.74, 6) is 1.01. The summed E-state index contributed by atoms with van der Waals surface area (Å²) in [5, 5.41) is 6.08. The Balaban J connectivity index is 1.88. The summed E-state index contributed by atoms with van der Waals surface area (Å²) in [6, 6.07) is 3.73. The molecular formula is C10H15N3O. The average molecular weight is 193 g/mol. The number of rotatable bonds is 2. The Labute approximate surface area is 83.1 Å². The number of hydrogen-bond donors (Lipinski definition) is 3. The van der Waals surface area contributed by atoms with Crippen molar-refractivity contribution < 1.29 is 4.79 Å². The van der Waals surface area contributed by atoms with Crippen LogP contribution in [-0.2, 0) is 4.79 Å². The molecule has 1 saturated heterocycles. The van der Waals surface area contributed by atoms with E-state index < -0.39 is 0 Å². The Morgan fingerprint density at radius 1 is 1.57 bits per heavy atom. The van der Waals surface area contributed by atoms with Gasteiger partial charge in [0, 0.05) is 12.7 Å². The Bertz CT molecular complexity index is 288. The molecule has 1 unspecified atom stereocenters. The lowest BCUT2D eigenvalue weighted by molar-refractivity contribution is -0.120. The van der Waals surface area contributed by atoms with Crippen molar-refractivity contribution in [3.63, 3.8) is 0 Å². The van der Waals surface area contributed by atoms with Crippen LogP contribution in [0.4, 0.5) is 5.82 Å². The second-order valence-corrected chi connectivity index (χ2v) is 3.62.